The maximum Gasteiger partial charge on any atom is 0.417 e. The second-order valence-corrected chi connectivity index (χ2v) is 5.97. The summed E-state index contributed by atoms with van der Waals surface area (Å²) in [6.07, 6.45) is -4.75. The number of ketones is 1. The lowest BCUT2D eigenvalue weighted by Crippen LogP contribution is -2.23. The minimum absolute atomic E-state index is 0.0414. The number of carbonyl (C=O) groups is 3. The van der Waals surface area contributed by atoms with Gasteiger partial charge in [-0.3, -0.25) is 9.59 Å². The number of hydrogen-bond acceptors (Lipinski definition) is 6. The van der Waals surface area contributed by atoms with Gasteiger partial charge in [-0.15, -0.1) is 0 Å². The van der Waals surface area contributed by atoms with Crippen LogP contribution in [0.1, 0.15) is 33.2 Å². The Labute approximate surface area is 162 Å². The molecule has 1 aliphatic rings. The number of nitrogens with one attached hydrogen (secondary N) is 1. The highest BCUT2D eigenvalue weighted by molar-refractivity contribution is 6.05. The molecule has 2 aromatic carbocycles. The zero-order valence-electron chi connectivity index (χ0n) is 15.0. The van der Waals surface area contributed by atoms with Crippen LogP contribution in [0.25, 0.3) is 0 Å². The molecular formula is C19H14F3NO6. The molecule has 152 valence electrons. The Balaban J connectivity index is 1.70. The van der Waals surface area contributed by atoms with E-state index in [0.29, 0.717) is 11.5 Å². The summed E-state index contributed by atoms with van der Waals surface area (Å²) >= 11 is 0. The topological polar surface area (TPSA) is 90.9 Å². The van der Waals surface area contributed by atoms with Crippen LogP contribution in [0.5, 0.6) is 11.5 Å². The lowest BCUT2D eigenvalue weighted by molar-refractivity contribution is -0.138. The summed E-state index contributed by atoms with van der Waals surface area (Å²) in [5, 5.41) is 2.38. The molecule has 2 aromatic rings. The molecule has 0 fully saturated rings. The Kier molecular flexibility index (Phi) is 5.44. The van der Waals surface area contributed by atoms with E-state index in [9.17, 15) is 27.6 Å². The minimum atomic E-state index is -4.75. The van der Waals surface area contributed by atoms with Crippen molar-refractivity contribution in [3.63, 3.8) is 0 Å². The largest absolute Gasteiger partial charge is 0.454 e. The highest BCUT2D eigenvalue weighted by Gasteiger charge is 2.35. The van der Waals surface area contributed by atoms with Gasteiger partial charge >= 0.3 is 12.1 Å². The van der Waals surface area contributed by atoms with Crippen molar-refractivity contribution in [1.29, 1.82) is 0 Å². The zero-order valence-corrected chi connectivity index (χ0v) is 15.0. The number of hydrogen-bond donors (Lipinski definition) is 1. The van der Waals surface area contributed by atoms with E-state index in [1.807, 2.05) is 0 Å². The Bertz CT molecular complexity index is 986. The first-order valence-electron chi connectivity index (χ1n) is 8.24. The second-order valence-electron chi connectivity index (χ2n) is 5.97. The first kappa shape index (κ1) is 20.2. The molecule has 0 aliphatic carbocycles. The Morgan fingerprint density at radius 2 is 1.72 bits per heavy atom. The van der Waals surface area contributed by atoms with Crippen LogP contribution in [0.15, 0.2) is 36.4 Å². The smallest absolute Gasteiger partial charge is 0.417 e. The van der Waals surface area contributed by atoms with Gasteiger partial charge in [0.05, 0.1) is 16.8 Å². The van der Waals surface area contributed by atoms with Crippen LogP contribution >= 0.6 is 0 Å². The van der Waals surface area contributed by atoms with Crippen LogP contribution in [0.4, 0.5) is 18.9 Å². The zero-order chi connectivity index (χ0) is 21.2. The number of halogens is 3. The van der Waals surface area contributed by atoms with Crippen LogP contribution in [0, 0.1) is 0 Å². The van der Waals surface area contributed by atoms with Crippen LogP contribution < -0.4 is 14.8 Å². The van der Waals surface area contributed by atoms with Crippen LogP contribution in [0.2, 0.25) is 0 Å². The van der Waals surface area contributed by atoms with Gasteiger partial charge < -0.3 is 19.5 Å². The quantitative estimate of drug-likeness (QED) is 0.601. The molecule has 0 unspecified atom stereocenters. The molecule has 1 aliphatic heterocycles. The molecule has 29 heavy (non-hydrogen) atoms. The summed E-state index contributed by atoms with van der Waals surface area (Å²) in [6.45, 7) is 0.387. The van der Waals surface area contributed by atoms with E-state index in [1.54, 1.807) is 0 Å². The number of anilines is 1. The van der Waals surface area contributed by atoms with Crippen LogP contribution in [-0.4, -0.2) is 31.1 Å². The van der Waals surface area contributed by atoms with Gasteiger partial charge in [-0.2, -0.15) is 13.2 Å². The number of esters is 1. The number of rotatable bonds is 5. The molecule has 1 amide bonds. The standard InChI is InChI=1S/C19H14F3NO6/c1-10(24)12-6-15-16(29-9-28-15)7-14(12)23-17(25)8-27-18(26)11-4-2-3-5-13(11)19(20,21)22/h2-7H,8-9H2,1H3,(H,23,25). The molecule has 0 aromatic heterocycles. The van der Waals surface area contributed by atoms with E-state index < -0.39 is 35.8 Å². The molecule has 7 nitrogen and oxygen atoms in total. The molecule has 1 heterocycles. The summed E-state index contributed by atoms with van der Waals surface area (Å²) in [6, 6.07) is 6.84. The van der Waals surface area contributed by atoms with Gasteiger partial charge in [0.1, 0.15) is 0 Å². The third-order valence-electron chi connectivity index (χ3n) is 3.95. The van der Waals surface area contributed by atoms with Crippen LogP contribution in [0.3, 0.4) is 0 Å². The molecule has 1 N–H and O–H groups in total. The van der Waals surface area contributed by atoms with E-state index in [1.165, 1.54) is 25.1 Å². The van der Waals surface area contributed by atoms with Gasteiger partial charge in [0, 0.05) is 11.6 Å². The monoisotopic (exact) mass is 409 g/mol. The summed E-state index contributed by atoms with van der Waals surface area (Å²) in [4.78, 5) is 35.9. The van der Waals surface area contributed by atoms with E-state index in [-0.39, 0.29) is 23.8 Å². The first-order chi connectivity index (χ1) is 13.7. The lowest BCUT2D eigenvalue weighted by Gasteiger charge is -2.13. The van der Waals surface area contributed by atoms with Crippen molar-refractivity contribution in [2.24, 2.45) is 0 Å². The van der Waals surface area contributed by atoms with Crippen molar-refractivity contribution in [1.82, 2.24) is 0 Å². The maximum atomic E-state index is 13.0. The molecule has 3 rings (SSSR count). The van der Waals surface area contributed by atoms with Gasteiger partial charge in [0.15, 0.2) is 23.9 Å². The van der Waals surface area contributed by atoms with E-state index in [0.717, 1.165) is 18.2 Å². The summed E-state index contributed by atoms with van der Waals surface area (Å²) in [7, 11) is 0. The van der Waals surface area contributed by atoms with Crippen molar-refractivity contribution in [2.75, 3.05) is 18.7 Å². The predicted molar refractivity (Wildman–Crippen MR) is 92.9 cm³/mol. The van der Waals surface area contributed by atoms with Crippen molar-refractivity contribution in [2.45, 2.75) is 13.1 Å². The fourth-order valence-corrected chi connectivity index (χ4v) is 2.64. The fraction of sp³-hybridized carbons (Fsp3) is 0.211. The van der Waals surface area contributed by atoms with Crippen molar-refractivity contribution < 1.29 is 41.8 Å². The fourth-order valence-electron chi connectivity index (χ4n) is 2.64. The Morgan fingerprint density at radius 1 is 1.07 bits per heavy atom. The second kappa shape index (κ2) is 7.82. The number of benzene rings is 2. The van der Waals surface area contributed by atoms with Gasteiger partial charge in [0.2, 0.25) is 6.79 Å². The average molecular weight is 409 g/mol. The van der Waals surface area contributed by atoms with Crippen LogP contribution in [-0.2, 0) is 15.7 Å². The van der Waals surface area contributed by atoms with E-state index >= 15 is 0 Å². The SMILES string of the molecule is CC(=O)c1cc2c(cc1NC(=O)COC(=O)c1ccccc1C(F)(F)F)OCO2. The first-order valence-corrected chi connectivity index (χ1v) is 8.24. The molecule has 0 saturated carbocycles. The third kappa shape index (κ3) is 4.48. The Morgan fingerprint density at radius 3 is 2.38 bits per heavy atom. The van der Waals surface area contributed by atoms with Gasteiger partial charge in [-0.1, -0.05) is 12.1 Å². The molecule has 0 bridgehead atoms. The van der Waals surface area contributed by atoms with Crippen molar-refractivity contribution >= 4 is 23.3 Å². The average Bonchev–Trinajstić information content (AvgIpc) is 3.12. The predicted octanol–water partition coefficient (Wildman–Crippen LogP) is 3.43. The molecule has 0 radical (unpaired) electrons. The summed E-state index contributed by atoms with van der Waals surface area (Å²) in [5.74, 6) is -1.87. The number of amides is 1. The van der Waals surface area contributed by atoms with Gasteiger partial charge in [-0.05, 0) is 25.1 Å². The molecule has 0 spiro atoms. The van der Waals surface area contributed by atoms with E-state index in [2.05, 4.69) is 5.32 Å². The highest BCUT2D eigenvalue weighted by atomic mass is 19.4. The highest BCUT2D eigenvalue weighted by Crippen LogP contribution is 2.37. The van der Waals surface area contributed by atoms with Gasteiger partial charge in [-0.25, -0.2) is 4.79 Å². The number of ether oxygens (including phenoxy) is 3. The number of Topliss-reactive ketones (excluding diaryl/α,β-unsaturated/α-hetero) is 1. The molecule has 0 atom stereocenters. The Hall–Kier alpha value is -3.56. The number of alkyl halides is 3. The van der Waals surface area contributed by atoms with E-state index in [4.69, 9.17) is 14.2 Å². The normalized spacial score (nSPS) is 12.4. The van der Waals surface area contributed by atoms with Crippen molar-refractivity contribution in [3.8, 4) is 11.5 Å². The third-order valence-corrected chi connectivity index (χ3v) is 3.95. The summed E-state index contributed by atoms with van der Waals surface area (Å²) < 4.78 is 54.0. The minimum Gasteiger partial charge on any atom is -0.454 e. The summed E-state index contributed by atoms with van der Waals surface area (Å²) in [5.41, 5.74) is -1.64. The lowest BCUT2D eigenvalue weighted by atomic mass is 10.1. The van der Waals surface area contributed by atoms with Gasteiger partial charge in [0.25, 0.3) is 5.91 Å². The number of fused-ring (bicyclic) bond motifs is 1. The molecular weight excluding hydrogens is 395 g/mol. The molecule has 10 heteroatoms. The molecule has 0 saturated heterocycles. The maximum absolute atomic E-state index is 13.0. The number of carbonyl (C=O) groups excluding carboxylic acids is 3. The van der Waals surface area contributed by atoms with Crippen molar-refractivity contribution in [3.05, 3.63) is 53.1 Å².